The van der Waals surface area contributed by atoms with Crippen LogP contribution in [0.3, 0.4) is 0 Å². The zero-order valence-corrected chi connectivity index (χ0v) is 13.2. The van der Waals surface area contributed by atoms with Gasteiger partial charge in [-0.2, -0.15) is 4.31 Å². The molecule has 2 N–H and O–H groups in total. The van der Waals surface area contributed by atoms with E-state index in [1.54, 1.807) is 19.2 Å². The molecule has 1 aliphatic heterocycles. The number of nitrogens with zero attached hydrogens (tertiary/aromatic N) is 1. The molecule has 2 rings (SSSR count). The molecule has 0 spiro atoms. The lowest BCUT2D eigenvalue weighted by molar-refractivity contribution is 0.102. The van der Waals surface area contributed by atoms with Crippen LogP contribution in [0.25, 0.3) is 0 Å². The highest BCUT2D eigenvalue weighted by Gasteiger charge is 2.35. The lowest BCUT2D eigenvalue weighted by Gasteiger charge is -2.26. The minimum Gasteiger partial charge on any atom is -0.399 e. The van der Waals surface area contributed by atoms with Crippen LogP contribution in [0, 0.1) is 0 Å². The summed E-state index contributed by atoms with van der Waals surface area (Å²) >= 11 is 3.26. The van der Waals surface area contributed by atoms with Crippen LogP contribution in [0.5, 0.6) is 0 Å². The van der Waals surface area contributed by atoms with E-state index in [0.717, 1.165) is 0 Å². The van der Waals surface area contributed by atoms with Crippen molar-refractivity contribution < 1.29 is 13.2 Å². The van der Waals surface area contributed by atoms with Crippen LogP contribution < -0.4 is 5.73 Å². The van der Waals surface area contributed by atoms with Crippen LogP contribution in [0.2, 0.25) is 0 Å². The van der Waals surface area contributed by atoms with E-state index in [9.17, 15) is 8.42 Å². The Balaban J connectivity index is 2.36. The van der Waals surface area contributed by atoms with Gasteiger partial charge in [0.15, 0.2) is 0 Å². The van der Waals surface area contributed by atoms with Crippen molar-refractivity contribution in [3.63, 3.8) is 0 Å². The van der Waals surface area contributed by atoms with Crippen molar-refractivity contribution >= 4 is 31.6 Å². The molecule has 0 amide bonds. The summed E-state index contributed by atoms with van der Waals surface area (Å²) < 4.78 is 32.5. The smallest absolute Gasteiger partial charge is 0.244 e. The Hall–Kier alpha value is -0.630. The summed E-state index contributed by atoms with van der Waals surface area (Å²) in [4.78, 5) is 0.225. The quantitative estimate of drug-likeness (QED) is 0.845. The summed E-state index contributed by atoms with van der Waals surface area (Å²) in [6.07, 6.45) is 0.621. The Kier molecular flexibility index (Phi) is 4.20. The maximum atomic E-state index is 12.6. The highest BCUT2D eigenvalue weighted by molar-refractivity contribution is 9.10. The molecule has 1 aromatic carbocycles. The topological polar surface area (TPSA) is 72.6 Å². The van der Waals surface area contributed by atoms with Gasteiger partial charge in [-0.3, -0.25) is 0 Å². The van der Waals surface area contributed by atoms with Gasteiger partial charge in [0.1, 0.15) is 0 Å². The Morgan fingerprint density at radius 3 is 2.68 bits per heavy atom. The molecule has 0 radical (unpaired) electrons. The first kappa shape index (κ1) is 14.8. The first-order valence-electron chi connectivity index (χ1n) is 5.98. The van der Waals surface area contributed by atoms with Gasteiger partial charge in [0.2, 0.25) is 10.0 Å². The minimum atomic E-state index is -3.55. The summed E-state index contributed by atoms with van der Waals surface area (Å²) in [5.74, 6) is 0. The summed E-state index contributed by atoms with van der Waals surface area (Å²) in [5.41, 5.74) is 6.15. The van der Waals surface area contributed by atoms with E-state index in [4.69, 9.17) is 10.5 Å². The number of nitrogen functional groups attached to an aromatic ring is 1. The summed E-state index contributed by atoms with van der Waals surface area (Å²) in [6, 6.07) is 4.57. The maximum Gasteiger partial charge on any atom is 0.244 e. The molecule has 19 heavy (non-hydrogen) atoms. The van der Waals surface area contributed by atoms with Gasteiger partial charge < -0.3 is 10.5 Å². The van der Waals surface area contributed by atoms with Gasteiger partial charge in [0.25, 0.3) is 0 Å². The van der Waals surface area contributed by atoms with Gasteiger partial charge in [-0.05, 0) is 47.5 Å². The van der Waals surface area contributed by atoms with Crippen LogP contribution >= 0.6 is 15.9 Å². The Morgan fingerprint density at radius 1 is 1.47 bits per heavy atom. The normalized spacial score (nSPS) is 24.0. The second-order valence-corrected chi connectivity index (χ2v) is 7.46. The maximum absolute atomic E-state index is 12.6. The highest BCUT2D eigenvalue weighted by Crippen LogP contribution is 2.30. The SMILES string of the molecule is CC1OCCC1N(C)S(=O)(=O)c1ccc(N)cc1Br. The number of benzene rings is 1. The predicted molar refractivity (Wildman–Crippen MR) is 77.3 cm³/mol. The summed E-state index contributed by atoms with van der Waals surface area (Å²) in [6.45, 7) is 2.48. The van der Waals surface area contributed by atoms with Gasteiger partial charge in [0.05, 0.1) is 17.0 Å². The lowest BCUT2D eigenvalue weighted by Crippen LogP contribution is -2.41. The monoisotopic (exact) mass is 348 g/mol. The number of likely N-dealkylation sites (N-methyl/N-ethyl adjacent to an activating group) is 1. The fraction of sp³-hybridized carbons (Fsp3) is 0.500. The average molecular weight is 349 g/mol. The van der Waals surface area contributed by atoms with Crippen LogP contribution in [0.15, 0.2) is 27.6 Å². The number of anilines is 1. The minimum absolute atomic E-state index is 0.0904. The fourth-order valence-electron chi connectivity index (χ4n) is 2.26. The number of ether oxygens (including phenoxy) is 1. The number of nitrogens with two attached hydrogens (primary N) is 1. The molecule has 7 heteroatoms. The van der Waals surface area contributed by atoms with E-state index >= 15 is 0 Å². The fourth-order valence-corrected chi connectivity index (χ4v) is 4.76. The molecular weight excluding hydrogens is 332 g/mol. The number of rotatable bonds is 3. The van der Waals surface area contributed by atoms with Crippen molar-refractivity contribution in [2.75, 3.05) is 19.4 Å². The Morgan fingerprint density at radius 2 is 2.16 bits per heavy atom. The van der Waals surface area contributed by atoms with Crippen LogP contribution in [0.1, 0.15) is 13.3 Å². The molecule has 1 saturated heterocycles. The first-order chi connectivity index (χ1) is 8.84. The second kappa shape index (κ2) is 5.40. The molecule has 0 aromatic heterocycles. The van der Waals surface area contributed by atoms with E-state index in [-0.39, 0.29) is 17.0 Å². The molecule has 1 aromatic rings. The zero-order chi connectivity index (χ0) is 14.2. The summed E-state index contributed by atoms with van der Waals surface area (Å²) in [5, 5.41) is 0. The Labute approximate surface area is 121 Å². The third-order valence-corrected chi connectivity index (χ3v) is 6.28. The third-order valence-electron chi connectivity index (χ3n) is 3.42. The molecule has 1 heterocycles. The van der Waals surface area contributed by atoms with Crippen molar-refractivity contribution in [2.45, 2.75) is 30.4 Å². The van der Waals surface area contributed by atoms with Crippen LogP contribution in [0.4, 0.5) is 5.69 Å². The molecule has 0 saturated carbocycles. The van der Waals surface area contributed by atoms with Gasteiger partial charge in [-0.15, -0.1) is 0 Å². The molecule has 2 unspecified atom stereocenters. The summed E-state index contributed by atoms with van der Waals surface area (Å²) in [7, 11) is -1.96. The van der Waals surface area contributed by atoms with Crippen molar-refractivity contribution in [1.82, 2.24) is 4.31 Å². The largest absolute Gasteiger partial charge is 0.399 e. The van der Waals surface area contributed by atoms with Gasteiger partial charge >= 0.3 is 0 Å². The molecule has 1 aliphatic rings. The first-order valence-corrected chi connectivity index (χ1v) is 8.22. The zero-order valence-electron chi connectivity index (χ0n) is 10.8. The van der Waals surface area contributed by atoms with E-state index in [1.807, 2.05) is 6.92 Å². The predicted octanol–water partition coefficient (Wildman–Crippen LogP) is 1.83. The molecule has 106 valence electrons. The van der Waals surface area contributed by atoms with Crippen LogP contribution in [-0.4, -0.2) is 38.5 Å². The molecule has 0 aliphatic carbocycles. The molecule has 2 atom stereocenters. The van der Waals surface area contributed by atoms with E-state index in [1.165, 1.54) is 10.4 Å². The van der Waals surface area contributed by atoms with Crippen molar-refractivity contribution in [2.24, 2.45) is 0 Å². The number of halogens is 1. The number of sulfonamides is 1. The van der Waals surface area contributed by atoms with E-state index in [2.05, 4.69) is 15.9 Å². The number of hydrogen-bond acceptors (Lipinski definition) is 4. The standard InChI is InChI=1S/C12H17BrN2O3S/c1-8-11(5-6-18-8)15(2)19(16,17)12-4-3-9(14)7-10(12)13/h3-4,7-8,11H,5-6,14H2,1-2H3. The molecular formula is C12H17BrN2O3S. The molecule has 1 fully saturated rings. The number of hydrogen-bond donors (Lipinski definition) is 1. The van der Waals surface area contributed by atoms with Crippen molar-refractivity contribution in [1.29, 1.82) is 0 Å². The van der Waals surface area contributed by atoms with Crippen molar-refractivity contribution in [3.8, 4) is 0 Å². The van der Waals surface area contributed by atoms with Crippen molar-refractivity contribution in [3.05, 3.63) is 22.7 Å². The molecule has 0 bridgehead atoms. The Bertz CT molecular complexity index is 576. The van der Waals surface area contributed by atoms with Crippen LogP contribution in [-0.2, 0) is 14.8 Å². The van der Waals surface area contributed by atoms with Gasteiger partial charge in [-0.1, -0.05) is 0 Å². The lowest BCUT2D eigenvalue weighted by atomic mass is 10.2. The van der Waals surface area contributed by atoms with E-state index < -0.39 is 10.0 Å². The third kappa shape index (κ3) is 2.79. The van der Waals surface area contributed by atoms with Gasteiger partial charge in [0, 0.05) is 23.8 Å². The molecule has 5 nitrogen and oxygen atoms in total. The van der Waals surface area contributed by atoms with Gasteiger partial charge in [-0.25, -0.2) is 8.42 Å². The second-order valence-electron chi connectivity index (χ2n) is 4.64. The van der Waals surface area contributed by atoms with E-state index in [0.29, 0.717) is 23.2 Å². The average Bonchev–Trinajstić information content (AvgIpc) is 2.73. The highest BCUT2D eigenvalue weighted by atomic mass is 79.9.